The fourth-order valence-electron chi connectivity index (χ4n) is 0.933. The van der Waals surface area contributed by atoms with E-state index in [1.807, 2.05) is 0 Å². The van der Waals surface area contributed by atoms with Crippen LogP contribution in [0.5, 0.6) is 0 Å². The molecule has 84 valence electrons. The SMILES string of the molecule is CCCCOCCCNC(=O)COC. The molecule has 1 N–H and O–H groups in total. The van der Waals surface area contributed by atoms with E-state index in [9.17, 15) is 4.79 Å². The largest absolute Gasteiger partial charge is 0.381 e. The van der Waals surface area contributed by atoms with Crippen molar-refractivity contribution in [1.82, 2.24) is 5.32 Å². The number of methoxy groups -OCH3 is 1. The van der Waals surface area contributed by atoms with Gasteiger partial charge in [0.05, 0.1) is 0 Å². The Morgan fingerprint density at radius 2 is 2.00 bits per heavy atom. The molecule has 0 atom stereocenters. The summed E-state index contributed by atoms with van der Waals surface area (Å²) in [5.41, 5.74) is 0. The summed E-state index contributed by atoms with van der Waals surface area (Å²) >= 11 is 0. The van der Waals surface area contributed by atoms with Crippen LogP contribution in [0.4, 0.5) is 0 Å². The summed E-state index contributed by atoms with van der Waals surface area (Å²) in [7, 11) is 1.51. The lowest BCUT2D eigenvalue weighted by molar-refractivity contribution is -0.124. The Morgan fingerprint density at radius 3 is 2.64 bits per heavy atom. The minimum absolute atomic E-state index is 0.0685. The molecule has 0 radical (unpaired) electrons. The van der Waals surface area contributed by atoms with Gasteiger partial charge in [0, 0.05) is 26.9 Å². The second kappa shape index (κ2) is 10.5. The van der Waals surface area contributed by atoms with Crippen molar-refractivity contribution >= 4 is 5.91 Å². The van der Waals surface area contributed by atoms with E-state index in [1.54, 1.807) is 0 Å². The Kier molecular flexibility index (Phi) is 10.0. The minimum atomic E-state index is -0.0685. The third kappa shape index (κ3) is 9.48. The van der Waals surface area contributed by atoms with Crippen LogP contribution in [0, 0.1) is 0 Å². The quantitative estimate of drug-likeness (QED) is 0.568. The van der Waals surface area contributed by atoms with Gasteiger partial charge in [-0.1, -0.05) is 13.3 Å². The fourth-order valence-corrected chi connectivity index (χ4v) is 0.933. The maximum atomic E-state index is 10.9. The molecule has 0 aromatic heterocycles. The number of amides is 1. The standard InChI is InChI=1S/C10H21NO3/c1-3-4-7-14-8-5-6-11-10(12)9-13-2/h3-9H2,1-2H3,(H,11,12). The monoisotopic (exact) mass is 203 g/mol. The Bertz CT molecular complexity index is 139. The van der Waals surface area contributed by atoms with Gasteiger partial charge >= 0.3 is 0 Å². The van der Waals surface area contributed by atoms with E-state index >= 15 is 0 Å². The van der Waals surface area contributed by atoms with Crippen LogP contribution in [0.3, 0.4) is 0 Å². The van der Waals surface area contributed by atoms with Crippen LogP contribution >= 0.6 is 0 Å². The number of carbonyl (C=O) groups is 1. The molecule has 0 saturated carbocycles. The average molecular weight is 203 g/mol. The first kappa shape index (κ1) is 13.4. The number of ether oxygens (including phenoxy) is 2. The van der Waals surface area contributed by atoms with Crippen molar-refractivity contribution < 1.29 is 14.3 Å². The highest BCUT2D eigenvalue weighted by molar-refractivity contribution is 5.77. The molecule has 0 unspecified atom stereocenters. The zero-order valence-corrected chi connectivity index (χ0v) is 9.17. The molecule has 4 heteroatoms. The molecule has 4 nitrogen and oxygen atoms in total. The van der Waals surface area contributed by atoms with Crippen molar-refractivity contribution in [3.8, 4) is 0 Å². The van der Waals surface area contributed by atoms with Gasteiger partial charge in [0.2, 0.25) is 5.91 Å². The Labute approximate surface area is 86.0 Å². The van der Waals surface area contributed by atoms with E-state index < -0.39 is 0 Å². The van der Waals surface area contributed by atoms with Crippen LogP contribution in [-0.2, 0) is 14.3 Å². The molecule has 0 aromatic rings. The molecule has 0 aromatic carbocycles. The maximum absolute atomic E-state index is 10.9. The molecular weight excluding hydrogens is 182 g/mol. The van der Waals surface area contributed by atoms with E-state index in [1.165, 1.54) is 7.11 Å². The van der Waals surface area contributed by atoms with Crippen LogP contribution in [0.1, 0.15) is 26.2 Å². The molecule has 0 spiro atoms. The number of hydrogen-bond acceptors (Lipinski definition) is 3. The number of rotatable bonds is 9. The summed E-state index contributed by atoms with van der Waals surface area (Å²) in [5, 5.41) is 2.73. The Hall–Kier alpha value is -0.610. The van der Waals surface area contributed by atoms with E-state index in [0.29, 0.717) is 13.2 Å². The molecule has 0 aliphatic heterocycles. The van der Waals surface area contributed by atoms with Gasteiger partial charge in [-0.2, -0.15) is 0 Å². The summed E-state index contributed by atoms with van der Waals surface area (Å²) in [6, 6.07) is 0. The Balaban J connectivity index is 3.01. The van der Waals surface area contributed by atoms with E-state index in [0.717, 1.165) is 25.9 Å². The lowest BCUT2D eigenvalue weighted by Crippen LogP contribution is -2.28. The maximum Gasteiger partial charge on any atom is 0.245 e. The van der Waals surface area contributed by atoms with Gasteiger partial charge in [0.15, 0.2) is 0 Å². The van der Waals surface area contributed by atoms with Gasteiger partial charge in [0.25, 0.3) is 0 Å². The molecule has 0 aliphatic carbocycles. The van der Waals surface area contributed by atoms with Crippen molar-refractivity contribution in [3.05, 3.63) is 0 Å². The lowest BCUT2D eigenvalue weighted by atomic mass is 10.3. The van der Waals surface area contributed by atoms with Crippen molar-refractivity contribution in [2.75, 3.05) is 33.5 Å². The van der Waals surface area contributed by atoms with Gasteiger partial charge in [-0.25, -0.2) is 0 Å². The molecule has 0 fully saturated rings. The summed E-state index contributed by atoms with van der Waals surface area (Å²) < 4.78 is 10.0. The van der Waals surface area contributed by atoms with Crippen molar-refractivity contribution in [3.63, 3.8) is 0 Å². The summed E-state index contributed by atoms with van der Waals surface area (Å²) in [4.78, 5) is 10.9. The van der Waals surface area contributed by atoms with Gasteiger partial charge in [0.1, 0.15) is 6.61 Å². The summed E-state index contributed by atoms with van der Waals surface area (Å²) in [6.07, 6.45) is 3.12. The van der Waals surface area contributed by atoms with Gasteiger partial charge < -0.3 is 14.8 Å². The van der Waals surface area contributed by atoms with E-state index in [4.69, 9.17) is 4.74 Å². The zero-order valence-electron chi connectivity index (χ0n) is 9.17. The summed E-state index contributed by atoms with van der Waals surface area (Å²) in [6.45, 7) is 4.47. The number of nitrogens with one attached hydrogen (secondary N) is 1. The van der Waals surface area contributed by atoms with Crippen molar-refractivity contribution in [2.45, 2.75) is 26.2 Å². The van der Waals surface area contributed by atoms with Crippen LogP contribution in [0.2, 0.25) is 0 Å². The molecule has 1 amide bonds. The molecule has 0 heterocycles. The van der Waals surface area contributed by atoms with Crippen LogP contribution in [0.15, 0.2) is 0 Å². The average Bonchev–Trinajstić information content (AvgIpc) is 2.17. The molecule has 0 rings (SSSR count). The fraction of sp³-hybridized carbons (Fsp3) is 0.900. The second-order valence-electron chi connectivity index (χ2n) is 3.10. The lowest BCUT2D eigenvalue weighted by Gasteiger charge is -2.05. The molecule has 14 heavy (non-hydrogen) atoms. The van der Waals surface area contributed by atoms with Gasteiger partial charge in [-0.05, 0) is 12.8 Å². The molecule has 0 aliphatic rings. The minimum Gasteiger partial charge on any atom is -0.381 e. The number of carbonyl (C=O) groups excluding carboxylic acids is 1. The number of unbranched alkanes of at least 4 members (excludes halogenated alkanes) is 1. The van der Waals surface area contributed by atoms with Gasteiger partial charge in [-0.3, -0.25) is 4.79 Å². The third-order valence-electron chi connectivity index (χ3n) is 1.71. The smallest absolute Gasteiger partial charge is 0.245 e. The zero-order chi connectivity index (χ0) is 10.6. The van der Waals surface area contributed by atoms with Crippen LogP contribution in [-0.4, -0.2) is 39.4 Å². The predicted molar refractivity (Wildman–Crippen MR) is 55.2 cm³/mol. The first-order valence-corrected chi connectivity index (χ1v) is 5.14. The van der Waals surface area contributed by atoms with E-state index in [2.05, 4.69) is 17.0 Å². The van der Waals surface area contributed by atoms with Gasteiger partial charge in [-0.15, -0.1) is 0 Å². The second-order valence-corrected chi connectivity index (χ2v) is 3.10. The predicted octanol–water partition coefficient (Wildman–Crippen LogP) is 0.956. The Morgan fingerprint density at radius 1 is 1.29 bits per heavy atom. The van der Waals surface area contributed by atoms with Crippen LogP contribution in [0.25, 0.3) is 0 Å². The highest BCUT2D eigenvalue weighted by Crippen LogP contribution is 1.88. The highest BCUT2D eigenvalue weighted by Gasteiger charge is 1.97. The summed E-state index contributed by atoms with van der Waals surface area (Å²) in [5.74, 6) is -0.0685. The molecular formula is C10H21NO3. The molecule has 0 bridgehead atoms. The van der Waals surface area contributed by atoms with Crippen molar-refractivity contribution in [2.24, 2.45) is 0 Å². The highest BCUT2D eigenvalue weighted by atomic mass is 16.5. The topological polar surface area (TPSA) is 47.6 Å². The normalized spacial score (nSPS) is 10.1. The van der Waals surface area contributed by atoms with Crippen LogP contribution < -0.4 is 5.32 Å². The number of hydrogen-bond donors (Lipinski definition) is 1. The molecule has 0 saturated heterocycles. The van der Waals surface area contributed by atoms with E-state index in [-0.39, 0.29) is 12.5 Å². The van der Waals surface area contributed by atoms with Crippen molar-refractivity contribution in [1.29, 1.82) is 0 Å². The first-order chi connectivity index (χ1) is 6.81. The third-order valence-corrected chi connectivity index (χ3v) is 1.71. The first-order valence-electron chi connectivity index (χ1n) is 5.14.